The van der Waals surface area contributed by atoms with E-state index in [1.165, 1.54) is 18.3 Å². The van der Waals surface area contributed by atoms with Crippen molar-refractivity contribution in [3.05, 3.63) is 59.8 Å². The predicted molar refractivity (Wildman–Crippen MR) is 127 cm³/mol. The summed E-state index contributed by atoms with van der Waals surface area (Å²) < 4.78 is 35.7. The van der Waals surface area contributed by atoms with Crippen molar-refractivity contribution in [2.24, 2.45) is 0 Å². The van der Waals surface area contributed by atoms with Crippen molar-refractivity contribution in [2.45, 2.75) is 43.9 Å². The topological polar surface area (TPSA) is 83.0 Å². The lowest BCUT2D eigenvalue weighted by Crippen LogP contribution is -2.61. The Morgan fingerprint density at radius 3 is 2.44 bits per heavy atom. The monoisotopic (exact) mass is 493 g/mol. The van der Waals surface area contributed by atoms with Gasteiger partial charge < -0.3 is 14.7 Å². The third kappa shape index (κ3) is 4.17. The number of pyridine rings is 1. The fourth-order valence-corrected chi connectivity index (χ4v) is 5.27. The minimum Gasteiger partial charge on any atom is -0.506 e. The Hall–Kier alpha value is -3.59. The molecule has 2 aliphatic heterocycles. The summed E-state index contributed by atoms with van der Waals surface area (Å²) in [5.74, 6) is -2.56. The van der Waals surface area contributed by atoms with E-state index in [2.05, 4.69) is 4.98 Å². The summed E-state index contributed by atoms with van der Waals surface area (Å²) in [6, 6.07) is 9.58. The molecule has 2 saturated heterocycles. The SMILES string of the molecule is O=C1OC2(CCN(Cc3c(F)cc(-c4ccc5cc(O)cnc5c4)cc3F)CC2)CN(C2CC2)C1=O. The highest BCUT2D eigenvalue weighted by molar-refractivity contribution is 6.33. The van der Waals surface area contributed by atoms with Crippen LogP contribution in [0.5, 0.6) is 5.75 Å². The minimum atomic E-state index is -0.796. The number of nitrogens with zero attached hydrogens (tertiary/aromatic N) is 3. The number of esters is 1. The minimum absolute atomic E-state index is 0.00559. The number of piperidine rings is 1. The Labute approximate surface area is 206 Å². The van der Waals surface area contributed by atoms with Gasteiger partial charge in [0.25, 0.3) is 0 Å². The molecule has 1 N–H and O–H groups in total. The van der Waals surface area contributed by atoms with Crippen molar-refractivity contribution in [2.75, 3.05) is 19.6 Å². The van der Waals surface area contributed by atoms with E-state index >= 15 is 8.78 Å². The Morgan fingerprint density at radius 2 is 1.75 bits per heavy atom. The van der Waals surface area contributed by atoms with Gasteiger partial charge in [-0.05, 0) is 48.2 Å². The molecule has 3 aromatic rings. The highest BCUT2D eigenvalue weighted by Gasteiger charge is 2.50. The van der Waals surface area contributed by atoms with Gasteiger partial charge in [0.2, 0.25) is 0 Å². The van der Waals surface area contributed by atoms with Crippen LogP contribution in [0, 0.1) is 11.6 Å². The van der Waals surface area contributed by atoms with Crippen LogP contribution in [0.1, 0.15) is 31.2 Å². The third-order valence-electron chi connectivity index (χ3n) is 7.48. The fraction of sp³-hybridized carbons (Fsp3) is 0.370. The summed E-state index contributed by atoms with van der Waals surface area (Å²) in [7, 11) is 0. The Bertz CT molecular complexity index is 1360. The highest BCUT2D eigenvalue weighted by Crippen LogP contribution is 2.37. The van der Waals surface area contributed by atoms with Gasteiger partial charge >= 0.3 is 11.9 Å². The quantitative estimate of drug-likeness (QED) is 0.440. The lowest BCUT2D eigenvalue weighted by molar-refractivity contribution is -0.190. The largest absolute Gasteiger partial charge is 0.506 e. The molecule has 1 amide bonds. The van der Waals surface area contributed by atoms with Crippen LogP contribution in [0.25, 0.3) is 22.0 Å². The molecule has 0 unspecified atom stereocenters. The molecule has 9 heteroatoms. The summed E-state index contributed by atoms with van der Waals surface area (Å²) in [5.41, 5.74) is 0.920. The number of halogens is 2. The van der Waals surface area contributed by atoms with Gasteiger partial charge in [-0.3, -0.25) is 14.7 Å². The number of morpholine rings is 1. The average molecular weight is 494 g/mol. The second-order valence-electron chi connectivity index (χ2n) is 10.0. The van der Waals surface area contributed by atoms with Crippen LogP contribution < -0.4 is 0 Å². The van der Waals surface area contributed by atoms with E-state index in [1.807, 2.05) is 4.90 Å². The normalized spacial score (nSPS) is 20.2. The predicted octanol–water partition coefficient (Wildman–Crippen LogP) is 3.77. The molecule has 0 bridgehead atoms. The van der Waals surface area contributed by atoms with Crippen molar-refractivity contribution in [1.82, 2.24) is 14.8 Å². The number of benzene rings is 2. The zero-order valence-corrected chi connectivity index (χ0v) is 19.5. The van der Waals surface area contributed by atoms with Crippen LogP contribution in [0.15, 0.2) is 42.6 Å². The van der Waals surface area contributed by atoms with Gasteiger partial charge in [-0.15, -0.1) is 0 Å². The van der Waals surface area contributed by atoms with Gasteiger partial charge in [-0.2, -0.15) is 0 Å². The van der Waals surface area contributed by atoms with Crippen molar-refractivity contribution < 1.29 is 28.2 Å². The molecule has 1 aromatic heterocycles. The summed E-state index contributed by atoms with van der Waals surface area (Å²) in [6.07, 6.45) is 4.17. The first-order valence-electron chi connectivity index (χ1n) is 12.1. The van der Waals surface area contributed by atoms with Gasteiger partial charge in [0.05, 0.1) is 18.3 Å². The maximum absolute atomic E-state index is 15.1. The summed E-state index contributed by atoms with van der Waals surface area (Å²) in [4.78, 5) is 32.1. The van der Waals surface area contributed by atoms with Gasteiger partial charge in [-0.25, -0.2) is 13.6 Å². The highest BCUT2D eigenvalue weighted by atomic mass is 19.1. The lowest BCUT2D eigenvalue weighted by atomic mass is 9.88. The number of aromatic nitrogens is 1. The van der Waals surface area contributed by atoms with Crippen molar-refractivity contribution in [3.8, 4) is 16.9 Å². The van der Waals surface area contributed by atoms with E-state index in [9.17, 15) is 14.7 Å². The first kappa shape index (κ1) is 22.8. The molecule has 3 aliphatic rings. The van der Waals surface area contributed by atoms with Crippen LogP contribution in [-0.4, -0.2) is 63.0 Å². The van der Waals surface area contributed by atoms with E-state index in [0.29, 0.717) is 49.1 Å². The third-order valence-corrected chi connectivity index (χ3v) is 7.48. The lowest BCUT2D eigenvalue weighted by Gasteiger charge is -2.46. The average Bonchev–Trinajstić information content (AvgIpc) is 3.70. The number of ether oxygens (including phenoxy) is 1. The molecular formula is C27H25F2N3O4. The molecule has 36 heavy (non-hydrogen) atoms. The number of carbonyl (C=O) groups is 2. The summed E-state index contributed by atoms with van der Waals surface area (Å²) >= 11 is 0. The van der Waals surface area contributed by atoms with E-state index in [4.69, 9.17) is 4.74 Å². The second kappa shape index (κ2) is 8.51. The molecule has 0 atom stereocenters. The Balaban J connectivity index is 1.16. The standard InChI is InChI=1S/C27H25F2N3O4/c28-22-10-18(16-1-2-17-9-20(33)13-30-24(17)12-16)11-23(29)21(22)14-31-7-5-27(6-8-31)15-32(19-3-4-19)25(34)26(35)36-27/h1-2,9-13,19,33H,3-8,14-15H2. The summed E-state index contributed by atoms with van der Waals surface area (Å²) in [5, 5.41) is 10.3. The Morgan fingerprint density at radius 1 is 1.03 bits per heavy atom. The van der Waals surface area contributed by atoms with Crippen LogP contribution >= 0.6 is 0 Å². The zero-order valence-electron chi connectivity index (χ0n) is 19.5. The number of fused-ring (bicyclic) bond motifs is 1. The number of likely N-dealkylation sites (tertiary alicyclic amines) is 1. The molecule has 3 fully saturated rings. The fourth-order valence-electron chi connectivity index (χ4n) is 5.27. The van der Waals surface area contributed by atoms with E-state index in [-0.39, 0.29) is 23.9 Å². The second-order valence-corrected chi connectivity index (χ2v) is 10.0. The molecule has 1 saturated carbocycles. The molecule has 6 rings (SSSR count). The molecule has 2 aromatic carbocycles. The van der Waals surface area contributed by atoms with Crippen LogP contribution in [0.3, 0.4) is 0 Å². The molecular weight excluding hydrogens is 468 g/mol. The number of rotatable bonds is 4. The number of hydrogen-bond acceptors (Lipinski definition) is 6. The molecule has 1 aliphatic carbocycles. The van der Waals surface area contributed by atoms with E-state index in [1.54, 1.807) is 29.2 Å². The first-order valence-corrected chi connectivity index (χ1v) is 12.1. The number of amides is 1. The first-order chi connectivity index (χ1) is 17.3. The van der Waals surface area contributed by atoms with Gasteiger partial charge in [-0.1, -0.05) is 12.1 Å². The van der Waals surface area contributed by atoms with E-state index < -0.39 is 29.1 Å². The van der Waals surface area contributed by atoms with Gasteiger partial charge in [0.1, 0.15) is 23.0 Å². The smallest absolute Gasteiger partial charge is 0.397 e. The van der Waals surface area contributed by atoms with Crippen molar-refractivity contribution in [3.63, 3.8) is 0 Å². The number of aromatic hydroxyl groups is 1. The van der Waals surface area contributed by atoms with E-state index in [0.717, 1.165) is 18.2 Å². The molecule has 1 spiro atoms. The van der Waals surface area contributed by atoms with Crippen LogP contribution in [-0.2, 0) is 20.9 Å². The maximum atomic E-state index is 15.1. The molecule has 186 valence electrons. The van der Waals surface area contributed by atoms with Crippen molar-refractivity contribution >= 4 is 22.8 Å². The summed E-state index contributed by atoms with van der Waals surface area (Å²) in [6.45, 7) is 1.51. The zero-order chi connectivity index (χ0) is 25.0. The van der Waals surface area contributed by atoms with Crippen molar-refractivity contribution in [1.29, 1.82) is 0 Å². The molecule has 0 radical (unpaired) electrons. The number of carbonyl (C=O) groups excluding carboxylic acids is 2. The number of hydrogen-bond donors (Lipinski definition) is 1. The molecule has 7 nitrogen and oxygen atoms in total. The van der Waals surface area contributed by atoms with Crippen LogP contribution in [0.2, 0.25) is 0 Å². The maximum Gasteiger partial charge on any atom is 0.397 e. The Kier molecular flexibility index (Phi) is 5.40. The van der Waals surface area contributed by atoms with Crippen LogP contribution in [0.4, 0.5) is 8.78 Å². The van der Waals surface area contributed by atoms with Gasteiger partial charge in [0.15, 0.2) is 0 Å². The van der Waals surface area contributed by atoms with Gasteiger partial charge in [0, 0.05) is 49.5 Å². The molecule has 3 heterocycles.